The highest BCUT2D eigenvalue weighted by Gasteiger charge is 2.36. The van der Waals surface area contributed by atoms with Crippen LogP contribution >= 0.6 is 0 Å². The van der Waals surface area contributed by atoms with Crippen molar-refractivity contribution in [3.05, 3.63) is 48.7 Å². The zero-order valence-electron chi connectivity index (χ0n) is 18.8. The molecule has 9 nitrogen and oxygen atoms in total. The SMILES string of the molecule is C[C@H]1C(=O)NC[C@@H]1C(=O)Nc1cc(-c2cc(F)cc(OC(C)(C)C)c2)n(-c2cnccn2)n1. The first kappa shape index (κ1) is 22.4. The summed E-state index contributed by atoms with van der Waals surface area (Å²) in [6.45, 7) is 7.59. The summed E-state index contributed by atoms with van der Waals surface area (Å²) in [5, 5.41) is 9.91. The first-order chi connectivity index (χ1) is 15.6. The molecule has 0 bridgehead atoms. The molecule has 1 aromatic carbocycles. The van der Waals surface area contributed by atoms with E-state index in [0.29, 0.717) is 22.8 Å². The van der Waals surface area contributed by atoms with Gasteiger partial charge in [-0.2, -0.15) is 0 Å². The third kappa shape index (κ3) is 5.00. The van der Waals surface area contributed by atoms with Gasteiger partial charge in [-0.1, -0.05) is 6.92 Å². The van der Waals surface area contributed by atoms with Crippen LogP contribution in [-0.4, -0.2) is 43.7 Å². The fourth-order valence-electron chi connectivity index (χ4n) is 3.62. The number of carbonyl (C=O) groups excluding carboxylic acids is 2. The molecule has 3 heterocycles. The minimum atomic E-state index is -0.515. The monoisotopic (exact) mass is 452 g/mol. The van der Waals surface area contributed by atoms with Crippen LogP contribution in [0, 0.1) is 17.7 Å². The summed E-state index contributed by atoms with van der Waals surface area (Å²) in [4.78, 5) is 32.9. The van der Waals surface area contributed by atoms with E-state index in [1.54, 1.807) is 19.1 Å². The number of amides is 2. The molecule has 2 amide bonds. The zero-order chi connectivity index (χ0) is 23.8. The molecule has 10 heteroatoms. The summed E-state index contributed by atoms with van der Waals surface area (Å²) < 4.78 is 21.8. The maximum absolute atomic E-state index is 14.5. The van der Waals surface area contributed by atoms with Crippen LogP contribution < -0.4 is 15.4 Å². The summed E-state index contributed by atoms with van der Waals surface area (Å²) in [5.41, 5.74) is 0.454. The summed E-state index contributed by atoms with van der Waals surface area (Å²) in [5.74, 6) is -0.918. The van der Waals surface area contributed by atoms with Crippen molar-refractivity contribution in [3.8, 4) is 22.8 Å². The minimum Gasteiger partial charge on any atom is -0.488 e. The quantitative estimate of drug-likeness (QED) is 0.616. The van der Waals surface area contributed by atoms with Gasteiger partial charge in [0.05, 0.1) is 17.8 Å². The fourth-order valence-corrected chi connectivity index (χ4v) is 3.62. The number of ether oxygens (including phenoxy) is 1. The lowest BCUT2D eigenvalue weighted by Gasteiger charge is -2.21. The van der Waals surface area contributed by atoms with Crippen molar-refractivity contribution in [2.45, 2.75) is 33.3 Å². The van der Waals surface area contributed by atoms with Gasteiger partial charge >= 0.3 is 0 Å². The highest BCUT2D eigenvalue weighted by Crippen LogP contribution is 2.31. The van der Waals surface area contributed by atoms with Gasteiger partial charge in [-0.15, -0.1) is 5.10 Å². The van der Waals surface area contributed by atoms with Gasteiger partial charge in [0, 0.05) is 42.6 Å². The molecule has 33 heavy (non-hydrogen) atoms. The number of halogens is 1. The van der Waals surface area contributed by atoms with Gasteiger partial charge in [-0.25, -0.2) is 14.1 Å². The van der Waals surface area contributed by atoms with E-state index in [1.807, 2.05) is 20.8 Å². The Labute approximate surface area is 190 Å². The van der Waals surface area contributed by atoms with Crippen LogP contribution in [0.1, 0.15) is 27.7 Å². The Hall–Kier alpha value is -3.82. The predicted molar refractivity (Wildman–Crippen MR) is 119 cm³/mol. The Kier molecular flexibility index (Phi) is 5.84. The van der Waals surface area contributed by atoms with Crippen molar-refractivity contribution >= 4 is 17.6 Å². The number of nitrogens with zero attached hydrogens (tertiary/aromatic N) is 4. The number of carbonyl (C=O) groups is 2. The fraction of sp³-hybridized carbons (Fsp3) is 0.348. The second-order valence-electron chi connectivity index (χ2n) is 8.91. The van der Waals surface area contributed by atoms with E-state index in [1.165, 1.54) is 35.4 Å². The molecule has 0 spiro atoms. The van der Waals surface area contributed by atoms with Gasteiger partial charge in [0.2, 0.25) is 11.8 Å². The number of aromatic nitrogens is 4. The zero-order valence-corrected chi connectivity index (χ0v) is 18.8. The molecule has 1 saturated heterocycles. The molecule has 0 aliphatic carbocycles. The molecule has 1 aliphatic heterocycles. The summed E-state index contributed by atoms with van der Waals surface area (Å²) >= 11 is 0. The standard InChI is InChI=1S/C23H25FN6O3/c1-13-17(11-27-21(13)31)22(32)28-19-10-18(30(29-19)20-12-25-5-6-26-20)14-7-15(24)9-16(8-14)33-23(2,3)4/h5-10,12-13,17H,11H2,1-4H3,(H,27,31)(H,28,29,32)/t13-,17+/m1/s1. The number of hydrogen-bond donors (Lipinski definition) is 2. The molecule has 172 valence electrons. The van der Waals surface area contributed by atoms with Crippen molar-refractivity contribution in [1.29, 1.82) is 0 Å². The van der Waals surface area contributed by atoms with Crippen LogP contribution in [0.4, 0.5) is 10.2 Å². The minimum absolute atomic E-state index is 0.160. The average Bonchev–Trinajstić information content (AvgIpc) is 3.30. The van der Waals surface area contributed by atoms with Gasteiger partial charge in [-0.05, 0) is 32.9 Å². The predicted octanol–water partition coefficient (Wildman–Crippen LogP) is 2.97. The number of hydrogen-bond acceptors (Lipinski definition) is 6. The maximum Gasteiger partial charge on any atom is 0.231 e. The number of rotatable bonds is 5. The van der Waals surface area contributed by atoms with E-state index in [9.17, 15) is 14.0 Å². The third-order valence-electron chi connectivity index (χ3n) is 5.17. The van der Waals surface area contributed by atoms with Crippen molar-refractivity contribution in [3.63, 3.8) is 0 Å². The van der Waals surface area contributed by atoms with E-state index in [2.05, 4.69) is 25.7 Å². The molecular formula is C23H25FN6O3. The second kappa shape index (κ2) is 8.61. The average molecular weight is 452 g/mol. The van der Waals surface area contributed by atoms with E-state index in [4.69, 9.17) is 4.74 Å². The molecule has 3 aromatic rings. The molecule has 2 aromatic heterocycles. The molecule has 0 radical (unpaired) electrons. The van der Waals surface area contributed by atoms with Crippen molar-refractivity contribution < 1.29 is 18.7 Å². The van der Waals surface area contributed by atoms with Crippen LogP contribution in [0.25, 0.3) is 17.1 Å². The lowest BCUT2D eigenvalue weighted by atomic mass is 9.97. The van der Waals surface area contributed by atoms with Crippen molar-refractivity contribution in [2.75, 3.05) is 11.9 Å². The Bertz CT molecular complexity index is 1190. The third-order valence-corrected chi connectivity index (χ3v) is 5.17. The van der Waals surface area contributed by atoms with E-state index < -0.39 is 23.3 Å². The lowest BCUT2D eigenvalue weighted by molar-refractivity contribution is -0.126. The smallest absolute Gasteiger partial charge is 0.231 e. The normalized spacial score (nSPS) is 18.2. The summed E-state index contributed by atoms with van der Waals surface area (Å²) in [6.07, 6.45) is 4.55. The Morgan fingerprint density at radius 2 is 2.03 bits per heavy atom. The molecule has 0 saturated carbocycles. The Morgan fingerprint density at radius 1 is 1.24 bits per heavy atom. The lowest BCUT2D eigenvalue weighted by Crippen LogP contribution is -2.28. The highest BCUT2D eigenvalue weighted by molar-refractivity contribution is 5.98. The highest BCUT2D eigenvalue weighted by atomic mass is 19.1. The molecule has 0 unspecified atom stereocenters. The molecule has 1 aliphatic rings. The second-order valence-corrected chi connectivity index (χ2v) is 8.91. The van der Waals surface area contributed by atoms with Crippen LogP contribution in [-0.2, 0) is 9.59 Å². The van der Waals surface area contributed by atoms with E-state index in [-0.39, 0.29) is 24.2 Å². The van der Waals surface area contributed by atoms with Gasteiger partial charge in [-0.3, -0.25) is 14.6 Å². The van der Waals surface area contributed by atoms with Crippen molar-refractivity contribution in [2.24, 2.45) is 11.8 Å². The molecule has 2 N–H and O–H groups in total. The van der Waals surface area contributed by atoms with Crippen LogP contribution in [0.2, 0.25) is 0 Å². The maximum atomic E-state index is 14.5. The van der Waals surface area contributed by atoms with Gasteiger partial charge < -0.3 is 15.4 Å². The summed E-state index contributed by atoms with van der Waals surface area (Å²) in [6, 6.07) is 5.99. The van der Waals surface area contributed by atoms with E-state index in [0.717, 1.165) is 0 Å². The van der Waals surface area contributed by atoms with Crippen LogP contribution in [0.5, 0.6) is 5.75 Å². The molecule has 2 atom stereocenters. The molecule has 4 rings (SSSR count). The number of benzene rings is 1. The first-order valence-corrected chi connectivity index (χ1v) is 10.6. The van der Waals surface area contributed by atoms with Gasteiger partial charge in [0.1, 0.15) is 17.2 Å². The van der Waals surface area contributed by atoms with Gasteiger partial charge in [0.25, 0.3) is 0 Å². The topological polar surface area (TPSA) is 111 Å². The van der Waals surface area contributed by atoms with Gasteiger partial charge in [0.15, 0.2) is 11.6 Å². The molecular weight excluding hydrogens is 427 g/mol. The molecule has 1 fully saturated rings. The van der Waals surface area contributed by atoms with E-state index >= 15 is 0 Å². The van der Waals surface area contributed by atoms with Crippen LogP contribution in [0.3, 0.4) is 0 Å². The first-order valence-electron chi connectivity index (χ1n) is 10.6. The number of nitrogens with one attached hydrogen (secondary N) is 2. The summed E-state index contributed by atoms with van der Waals surface area (Å²) in [7, 11) is 0. The largest absolute Gasteiger partial charge is 0.488 e. The Balaban J connectivity index is 1.73. The number of anilines is 1. The Morgan fingerprint density at radius 3 is 2.67 bits per heavy atom. The van der Waals surface area contributed by atoms with Crippen molar-refractivity contribution in [1.82, 2.24) is 25.1 Å². The van der Waals surface area contributed by atoms with Crippen LogP contribution in [0.15, 0.2) is 42.9 Å².